The van der Waals surface area contributed by atoms with Crippen LogP contribution in [0.2, 0.25) is 0 Å². The van der Waals surface area contributed by atoms with Crippen LogP contribution in [-0.2, 0) is 6.54 Å². The van der Waals surface area contributed by atoms with Gasteiger partial charge in [-0.15, -0.1) is 0 Å². The van der Waals surface area contributed by atoms with Crippen molar-refractivity contribution in [1.82, 2.24) is 25.0 Å². The first-order valence-electron chi connectivity index (χ1n) is 11.3. The molecule has 0 radical (unpaired) electrons. The molecule has 0 saturated carbocycles. The van der Waals surface area contributed by atoms with E-state index >= 15 is 0 Å². The number of pyridine rings is 1. The minimum atomic E-state index is -0.0529. The number of aromatic nitrogens is 4. The zero-order chi connectivity index (χ0) is 24.2. The van der Waals surface area contributed by atoms with E-state index in [0.717, 1.165) is 29.0 Å². The van der Waals surface area contributed by atoms with Crippen molar-refractivity contribution >= 4 is 0 Å². The molecule has 0 atom stereocenters. The smallest absolute Gasteiger partial charge is 0.250 e. The van der Waals surface area contributed by atoms with Crippen LogP contribution >= 0.6 is 0 Å². The second-order valence-electron chi connectivity index (χ2n) is 8.65. The highest BCUT2D eigenvalue weighted by molar-refractivity contribution is 5.71. The lowest BCUT2D eigenvalue weighted by molar-refractivity contribution is 0.243. The Morgan fingerprint density at radius 1 is 1.03 bits per heavy atom. The lowest BCUT2D eigenvalue weighted by atomic mass is 10.1. The van der Waals surface area contributed by atoms with Gasteiger partial charge in [0.1, 0.15) is 17.1 Å². The molecular formula is C26H29N5O3. The molecule has 1 aromatic carbocycles. The van der Waals surface area contributed by atoms with Gasteiger partial charge in [-0.1, -0.05) is 11.2 Å². The summed E-state index contributed by atoms with van der Waals surface area (Å²) < 4.78 is 13.4. The predicted molar refractivity (Wildman–Crippen MR) is 132 cm³/mol. The quantitative estimate of drug-likeness (QED) is 0.407. The molecule has 0 aliphatic heterocycles. The Hall–Kier alpha value is -3.78. The number of ether oxygens (including phenoxy) is 1. The number of nitrogens with zero attached hydrogens (tertiary/aromatic N) is 4. The van der Waals surface area contributed by atoms with Crippen molar-refractivity contribution in [2.45, 2.75) is 46.4 Å². The zero-order valence-corrected chi connectivity index (χ0v) is 20.1. The molecule has 1 N–H and O–H groups in total. The van der Waals surface area contributed by atoms with Crippen LogP contribution in [0.5, 0.6) is 5.75 Å². The van der Waals surface area contributed by atoms with E-state index in [1.807, 2.05) is 59.0 Å². The van der Waals surface area contributed by atoms with Crippen LogP contribution in [0.25, 0.3) is 34.0 Å². The summed E-state index contributed by atoms with van der Waals surface area (Å²) >= 11 is 0. The molecule has 3 aromatic heterocycles. The van der Waals surface area contributed by atoms with Crippen LogP contribution in [0.4, 0.5) is 0 Å². The maximum atomic E-state index is 12.1. The summed E-state index contributed by atoms with van der Waals surface area (Å²) in [5, 5.41) is 7.43. The normalized spacial score (nSPS) is 11.4. The molecule has 0 spiro atoms. The first-order valence-corrected chi connectivity index (χ1v) is 11.3. The summed E-state index contributed by atoms with van der Waals surface area (Å²) in [6.07, 6.45) is 5.12. The van der Waals surface area contributed by atoms with Gasteiger partial charge in [-0.05, 0) is 58.5 Å². The summed E-state index contributed by atoms with van der Waals surface area (Å²) in [4.78, 5) is 21.2. The third-order valence-corrected chi connectivity index (χ3v) is 5.25. The summed E-state index contributed by atoms with van der Waals surface area (Å²) in [5.41, 5.74) is 4.56. The van der Waals surface area contributed by atoms with Crippen LogP contribution < -0.4 is 15.6 Å². The zero-order valence-electron chi connectivity index (χ0n) is 20.1. The van der Waals surface area contributed by atoms with Gasteiger partial charge in [-0.25, -0.2) is 4.98 Å². The molecule has 0 aliphatic carbocycles. The van der Waals surface area contributed by atoms with Crippen LogP contribution in [0.15, 0.2) is 64.3 Å². The van der Waals surface area contributed by atoms with Gasteiger partial charge < -0.3 is 19.1 Å². The van der Waals surface area contributed by atoms with E-state index in [1.165, 1.54) is 0 Å². The highest BCUT2D eigenvalue weighted by atomic mass is 16.5. The molecule has 0 amide bonds. The van der Waals surface area contributed by atoms with Gasteiger partial charge >= 0.3 is 0 Å². The lowest BCUT2D eigenvalue weighted by Gasteiger charge is -2.14. The monoisotopic (exact) mass is 459 g/mol. The van der Waals surface area contributed by atoms with E-state index in [-0.39, 0.29) is 17.7 Å². The SMILES string of the molecule is CNCc1ccc(-c2cc(-c3cncc(-c4ccc(=O)n(C(C)C)c4)n3)on2)c(OC(C)C)c1. The fourth-order valence-electron chi connectivity index (χ4n) is 3.65. The Morgan fingerprint density at radius 2 is 1.82 bits per heavy atom. The number of hydrogen-bond donors (Lipinski definition) is 1. The first-order chi connectivity index (χ1) is 16.4. The fourth-order valence-corrected chi connectivity index (χ4v) is 3.65. The second kappa shape index (κ2) is 10.0. The predicted octanol–water partition coefficient (Wildman–Crippen LogP) is 4.71. The van der Waals surface area contributed by atoms with Gasteiger partial charge in [0.15, 0.2) is 5.76 Å². The number of rotatable bonds is 8. The lowest BCUT2D eigenvalue weighted by Crippen LogP contribution is -2.20. The summed E-state index contributed by atoms with van der Waals surface area (Å²) in [6.45, 7) is 8.65. The summed E-state index contributed by atoms with van der Waals surface area (Å²) in [5.74, 6) is 1.25. The second-order valence-corrected chi connectivity index (χ2v) is 8.65. The molecule has 0 bridgehead atoms. The third kappa shape index (κ3) is 5.07. The Balaban J connectivity index is 1.69. The average molecular weight is 460 g/mol. The largest absolute Gasteiger partial charge is 0.490 e. The van der Waals surface area contributed by atoms with Gasteiger partial charge in [0.2, 0.25) is 0 Å². The van der Waals surface area contributed by atoms with Gasteiger partial charge in [0, 0.05) is 42.0 Å². The van der Waals surface area contributed by atoms with Crippen molar-refractivity contribution in [3.05, 3.63) is 70.9 Å². The van der Waals surface area contributed by atoms with Crippen LogP contribution in [-0.4, -0.2) is 32.8 Å². The van der Waals surface area contributed by atoms with Crippen molar-refractivity contribution in [2.75, 3.05) is 7.05 Å². The molecule has 0 fully saturated rings. The Kier molecular flexibility index (Phi) is 6.88. The molecule has 0 saturated heterocycles. The molecular weight excluding hydrogens is 430 g/mol. The minimum Gasteiger partial charge on any atom is -0.490 e. The average Bonchev–Trinajstić information content (AvgIpc) is 3.29. The van der Waals surface area contributed by atoms with E-state index in [9.17, 15) is 4.79 Å². The Bertz CT molecular complexity index is 1340. The van der Waals surface area contributed by atoms with Crippen LogP contribution in [0, 0.1) is 0 Å². The van der Waals surface area contributed by atoms with Gasteiger partial charge in [0.05, 0.1) is 24.2 Å². The van der Waals surface area contributed by atoms with Crippen LogP contribution in [0.1, 0.15) is 39.3 Å². The molecule has 8 heteroatoms. The molecule has 0 aliphatic rings. The molecule has 34 heavy (non-hydrogen) atoms. The number of hydrogen-bond acceptors (Lipinski definition) is 7. The highest BCUT2D eigenvalue weighted by Gasteiger charge is 2.16. The molecule has 3 heterocycles. The Labute approximate surface area is 198 Å². The minimum absolute atomic E-state index is 0.0200. The van der Waals surface area contributed by atoms with E-state index in [0.29, 0.717) is 22.8 Å². The molecule has 176 valence electrons. The van der Waals surface area contributed by atoms with Gasteiger partial charge in [0.25, 0.3) is 5.56 Å². The number of nitrogens with one attached hydrogen (secondary N) is 1. The van der Waals surface area contributed by atoms with Crippen molar-refractivity contribution in [1.29, 1.82) is 0 Å². The van der Waals surface area contributed by atoms with Crippen molar-refractivity contribution in [2.24, 2.45) is 0 Å². The van der Waals surface area contributed by atoms with Gasteiger partial charge in [-0.2, -0.15) is 0 Å². The number of benzene rings is 1. The van der Waals surface area contributed by atoms with Gasteiger partial charge in [-0.3, -0.25) is 9.78 Å². The standard InChI is InChI=1S/C26H29N5O3/c1-16(2)31-15-19(7-9-26(31)32)22-13-28-14-23(29-22)25-11-21(30-34-25)20-8-6-18(12-27-5)10-24(20)33-17(3)4/h6-11,13-17,27H,12H2,1-5H3. The van der Waals surface area contributed by atoms with Crippen LogP contribution in [0.3, 0.4) is 0 Å². The maximum Gasteiger partial charge on any atom is 0.250 e. The molecule has 4 aromatic rings. The topological polar surface area (TPSA) is 95.1 Å². The van der Waals surface area contributed by atoms with E-state index in [2.05, 4.69) is 15.5 Å². The first kappa shape index (κ1) is 23.4. The van der Waals surface area contributed by atoms with Crippen molar-refractivity contribution in [3.8, 4) is 39.7 Å². The molecule has 4 rings (SSSR count). The highest BCUT2D eigenvalue weighted by Crippen LogP contribution is 2.33. The van der Waals surface area contributed by atoms with Crippen molar-refractivity contribution in [3.63, 3.8) is 0 Å². The van der Waals surface area contributed by atoms with E-state index < -0.39 is 0 Å². The molecule has 8 nitrogen and oxygen atoms in total. The Morgan fingerprint density at radius 3 is 2.56 bits per heavy atom. The summed E-state index contributed by atoms with van der Waals surface area (Å²) in [7, 11) is 1.91. The van der Waals surface area contributed by atoms with E-state index in [1.54, 1.807) is 35.3 Å². The summed E-state index contributed by atoms with van der Waals surface area (Å²) in [6, 6.07) is 11.2. The molecule has 0 unspecified atom stereocenters. The fraction of sp³-hybridized carbons (Fsp3) is 0.308. The van der Waals surface area contributed by atoms with E-state index in [4.69, 9.17) is 14.2 Å². The third-order valence-electron chi connectivity index (χ3n) is 5.25. The van der Waals surface area contributed by atoms with Crippen molar-refractivity contribution < 1.29 is 9.26 Å². The maximum absolute atomic E-state index is 12.1.